The lowest BCUT2D eigenvalue weighted by Gasteiger charge is -2.25. The number of amides is 2. The highest BCUT2D eigenvalue weighted by Crippen LogP contribution is 2.36. The molecule has 12 heteroatoms. The van der Waals surface area contributed by atoms with Crippen molar-refractivity contribution in [3.63, 3.8) is 0 Å². The molecular weight excluding hydrogens is 527 g/mol. The van der Waals surface area contributed by atoms with E-state index in [4.69, 9.17) is 5.73 Å². The molecule has 4 N–H and O–H groups in total. The largest absolute Gasteiger partial charge is 0.493 e. The van der Waals surface area contributed by atoms with E-state index < -0.39 is 30.0 Å². The first kappa shape index (κ1) is 26.6. The van der Waals surface area contributed by atoms with Gasteiger partial charge in [0.1, 0.15) is 0 Å². The van der Waals surface area contributed by atoms with E-state index in [-0.39, 0.29) is 22.7 Å². The van der Waals surface area contributed by atoms with Gasteiger partial charge < -0.3 is 15.6 Å². The number of hydrogen-bond donors (Lipinski definition) is 3. The van der Waals surface area contributed by atoms with Gasteiger partial charge in [0.2, 0.25) is 0 Å². The van der Waals surface area contributed by atoms with Crippen LogP contribution in [0.5, 0.6) is 0 Å². The van der Waals surface area contributed by atoms with Gasteiger partial charge in [-0.25, -0.2) is 10.2 Å². The highest BCUT2D eigenvalue weighted by atomic mass is 19.4. The summed E-state index contributed by atoms with van der Waals surface area (Å²) in [6.07, 6.45) is -3.55. The Kier molecular flexibility index (Phi) is 7.09. The second-order valence-electron chi connectivity index (χ2n) is 9.03. The third-order valence-electron chi connectivity index (χ3n) is 6.33. The van der Waals surface area contributed by atoms with Crippen molar-refractivity contribution in [1.82, 2.24) is 10.4 Å². The first-order chi connectivity index (χ1) is 19.1. The summed E-state index contributed by atoms with van der Waals surface area (Å²) < 4.78 is 39.6. The molecule has 0 spiro atoms. The van der Waals surface area contributed by atoms with Crippen molar-refractivity contribution in [2.24, 2.45) is 10.8 Å². The number of anilines is 1. The molecule has 9 nitrogen and oxygen atoms in total. The minimum atomic E-state index is -5.40. The van der Waals surface area contributed by atoms with E-state index in [1.165, 1.54) is 12.3 Å². The third-order valence-corrected chi connectivity index (χ3v) is 6.33. The number of halogens is 3. The molecule has 1 aromatic heterocycles. The Balaban J connectivity index is 1.58. The molecule has 0 saturated carbocycles. The van der Waals surface area contributed by atoms with Crippen LogP contribution in [0.1, 0.15) is 27.9 Å². The molecule has 3 aromatic carbocycles. The summed E-state index contributed by atoms with van der Waals surface area (Å²) in [6.45, 7) is 0. The standard InChI is InChI=1S/C28H22F3N5O4/c29-28(30,31)27(39)40-36(26(38)21(32)12-11-16-7-3-1-4-8-16)18-13-19-23-20(15-33-35-25(19)37)24(34-22(23)14-18)17-9-5-2-6-10-17/h1-10,13-15,21,34H,11-12,32H2,(H,35,37)/t21-/m0/s1. The number of nitrogens with zero attached hydrogens (tertiary/aromatic N) is 2. The summed E-state index contributed by atoms with van der Waals surface area (Å²) in [5, 5.41) is 4.56. The van der Waals surface area contributed by atoms with Crippen molar-refractivity contribution >= 4 is 40.6 Å². The SMILES string of the molecule is N[C@@H](CCc1ccccc1)C(=O)N(OC(=O)C(F)(F)F)c1cc2c3c(c(-c4ccccc4)[nH]c3c1)C=NNC2=O. The van der Waals surface area contributed by atoms with Crippen LogP contribution in [0.15, 0.2) is 77.9 Å². The number of rotatable bonds is 6. The molecule has 1 aliphatic heterocycles. The zero-order valence-electron chi connectivity index (χ0n) is 20.7. The maximum absolute atomic E-state index is 13.3. The van der Waals surface area contributed by atoms with E-state index in [9.17, 15) is 27.6 Å². The Labute approximate surface area is 225 Å². The second kappa shape index (κ2) is 10.7. The van der Waals surface area contributed by atoms with Crippen molar-refractivity contribution in [1.29, 1.82) is 0 Å². The van der Waals surface area contributed by atoms with Crippen LogP contribution in [-0.2, 0) is 20.8 Å². The van der Waals surface area contributed by atoms with Gasteiger partial charge in [0.05, 0.1) is 29.2 Å². The average Bonchev–Trinajstić information content (AvgIpc) is 3.23. The van der Waals surface area contributed by atoms with Gasteiger partial charge in [-0.2, -0.15) is 18.3 Å². The fraction of sp³-hybridized carbons (Fsp3) is 0.143. The van der Waals surface area contributed by atoms with Crippen LogP contribution in [0.25, 0.3) is 22.2 Å². The van der Waals surface area contributed by atoms with Crippen LogP contribution in [0.4, 0.5) is 18.9 Å². The average molecular weight is 550 g/mol. The van der Waals surface area contributed by atoms with Crippen LogP contribution in [0, 0.1) is 0 Å². The molecule has 0 saturated heterocycles. The molecule has 0 unspecified atom stereocenters. The van der Waals surface area contributed by atoms with Gasteiger partial charge in [-0.1, -0.05) is 60.7 Å². The van der Waals surface area contributed by atoms with Gasteiger partial charge >= 0.3 is 12.1 Å². The molecule has 0 aliphatic carbocycles. The minimum Gasteiger partial charge on any atom is -0.354 e. The fourth-order valence-corrected chi connectivity index (χ4v) is 4.42. The molecule has 2 heterocycles. The first-order valence-electron chi connectivity index (χ1n) is 12.1. The molecule has 204 valence electrons. The number of aryl methyl sites for hydroxylation is 1. The number of H-pyrrole nitrogens is 1. The van der Waals surface area contributed by atoms with E-state index >= 15 is 0 Å². The number of hydroxylamine groups is 1. The highest BCUT2D eigenvalue weighted by molar-refractivity contribution is 6.18. The Hall–Kier alpha value is -4.97. The summed E-state index contributed by atoms with van der Waals surface area (Å²) in [5.74, 6) is -4.39. The number of alkyl halides is 3. The number of aromatic amines is 1. The fourth-order valence-electron chi connectivity index (χ4n) is 4.42. The maximum atomic E-state index is 13.3. The topological polar surface area (TPSA) is 130 Å². The predicted molar refractivity (Wildman–Crippen MR) is 141 cm³/mol. The molecular formula is C28H22F3N5O4. The minimum absolute atomic E-state index is 0.00264. The molecule has 0 bridgehead atoms. The molecule has 4 aromatic rings. The lowest BCUT2D eigenvalue weighted by atomic mass is 10.0. The summed E-state index contributed by atoms with van der Waals surface area (Å²) >= 11 is 0. The van der Waals surface area contributed by atoms with Crippen LogP contribution in [0.3, 0.4) is 0 Å². The Morgan fingerprint density at radius 1 is 1.02 bits per heavy atom. The van der Waals surface area contributed by atoms with Crippen molar-refractivity contribution in [3.8, 4) is 11.3 Å². The van der Waals surface area contributed by atoms with Crippen LogP contribution in [0.2, 0.25) is 0 Å². The lowest BCUT2D eigenvalue weighted by molar-refractivity contribution is -0.201. The van der Waals surface area contributed by atoms with Gasteiger partial charge in [0, 0.05) is 16.5 Å². The Bertz CT molecular complexity index is 1620. The predicted octanol–water partition coefficient (Wildman–Crippen LogP) is 4.23. The van der Waals surface area contributed by atoms with Gasteiger partial charge in [-0.15, -0.1) is 5.06 Å². The quantitative estimate of drug-likeness (QED) is 0.310. The number of benzene rings is 3. The van der Waals surface area contributed by atoms with E-state index in [1.54, 1.807) is 12.1 Å². The van der Waals surface area contributed by atoms with E-state index in [1.807, 2.05) is 48.5 Å². The van der Waals surface area contributed by atoms with Crippen LogP contribution < -0.4 is 16.2 Å². The number of carbonyl (C=O) groups is 3. The molecule has 1 atom stereocenters. The van der Waals surface area contributed by atoms with Crippen molar-refractivity contribution in [3.05, 3.63) is 89.5 Å². The number of hydrazone groups is 1. The number of aromatic nitrogens is 1. The van der Waals surface area contributed by atoms with E-state index in [0.29, 0.717) is 28.6 Å². The summed E-state index contributed by atoms with van der Waals surface area (Å²) in [5.41, 5.74) is 11.1. The van der Waals surface area contributed by atoms with Crippen molar-refractivity contribution in [2.75, 3.05) is 5.06 Å². The van der Waals surface area contributed by atoms with Crippen molar-refractivity contribution < 1.29 is 32.4 Å². The second-order valence-corrected chi connectivity index (χ2v) is 9.03. The van der Waals surface area contributed by atoms with Crippen LogP contribution >= 0.6 is 0 Å². The summed E-state index contributed by atoms with van der Waals surface area (Å²) in [7, 11) is 0. The molecule has 0 radical (unpaired) electrons. The zero-order chi connectivity index (χ0) is 28.4. The first-order valence-corrected chi connectivity index (χ1v) is 12.1. The Morgan fingerprint density at radius 2 is 1.70 bits per heavy atom. The zero-order valence-corrected chi connectivity index (χ0v) is 20.7. The van der Waals surface area contributed by atoms with Crippen molar-refractivity contribution in [2.45, 2.75) is 25.1 Å². The molecule has 1 aliphatic rings. The Morgan fingerprint density at radius 3 is 2.38 bits per heavy atom. The van der Waals surface area contributed by atoms with Gasteiger partial charge in [0.25, 0.3) is 11.8 Å². The van der Waals surface area contributed by atoms with Gasteiger partial charge in [0.15, 0.2) is 0 Å². The number of carbonyl (C=O) groups excluding carboxylic acids is 3. The lowest BCUT2D eigenvalue weighted by Crippen LogP contribution is -2.47. The molecule has 40 heavy (non-hydrogen) atoms. The third kappa shape index (κ3) is 5.29. The van der Waals surface area contributed by atoms with E-state index in [2.05, 4.69) is 20.3 Å². The highest BCUT2D eigenvalue weighted by Gasteiger charge is 2.44. The smallest absolute Gasteiger partial charge is 0.354 e. The molecule has 0 fully saturated rings. The van der Waals surface area contributed by atoms with Gasteiger partial charge in [-0.3, -0.25) is 9.59 Å². The molecule has 5 rings (SSSR count). The van der Waals surface area contributed by atoms with Crippen LogP contribution in [-0.4, -0.2) is 41.2 Å². The summed E-state index contributed by atoms with van der Waals surface area (Å²) in [6, 6.07) is 19.3. The van der Waals surface area contributed by atoms with Gasteiger partial charge in [-0.05, 0) is 36.1 Å². The number of nitrogens with two attached hydrogens (primary N) is 1. The monoisotopic (exact) mass is 549 g/mol. The number of nitrogens with one attached hydrogen (secondary N) is 2. The normalized spacial score (nSPS) is 13.4. The maximum Gasteiger partial charge on any atom is 0.493 e. The number of hydrogen-bond acceptors (Lipinski definition) is 6. The summed E-state index contributed by atoms with van der Waals surface area (Å²) in [4.78, 5) is 45.8. The molecule has 2 amide bonds. The van der Waals surface area contributed by atoms with E-state index in [0.717, 1.165) is 17.2 Å².